The van der Waals surface area contributed by atoms with Crippen LogP contribution in [0.1, 0.15) is 26.7 Å². The summed E-state index contributed by atoms with van der Waals surface area (Å²) in [4.78, 5) is 0. The van der Waals surface area contributed by atoms with E-state index in [1.54, 1.807) is 0 Å². The summed E-state index contributed by atoms with van der Waals surface area (Å²) in [5.41, 5.74) is 0. The van der Waals surface area contributed by atoms with Crippen LogP contribution in [0.4, 0.5) is 0 Å². The van der Waals surface area contributed by atoms with E-state index in [9.17, 15) is 0 Å². The summed E-state index contributed by atoms with van der Waals surface area (Å²) in [5.74, 6) is 0. The maximum Gasteiger partial charge on any atom is 0.0725 e. The molecule has 1 aliphatic heterocycles. The Bertz CT molecular complexity index is 93.3. The van der Waals surface area contributed by atoms with Gasteiger partial charge < -0.3 is 10.1 Å². The van der Waals surface area contributed by atoms with E-state index in [1.165, 1.54) is 12.8 Å². The highest BCUT2D eigenvalue weighted by Gasteiger charge is 2.19. The van der Waals surface area contributed by atoms with Crippen molar-refractivity contribution in [1.82, 2.24) is 5.32 Å². The van der Waals surface area contributed by atoms with Crippen molar-refractivity contribution in [3.05, 3.63) is 0 Å². The second kappa shape index (κ2) is 3.94. The van der Waals surface area contributed by atoms with Crippen LogP contribution >= 0.6 is 0 Å². The molecule has 2 atom stereocenters. The number of hydrogen-bond acceptors (Lipinski definition) is 2. The zero-order valence-electron chi connectivity index (χ0n) is 6.89. The highest BCUT2D eigenvalue weighted by molar-refractivity contribution is 4.75. The van der Waals surface area contributed by atoms with E-state index >= 15 is 0 Å². The van der Waals surface area contributed by atoms with Crippen molar-refractivity contribution >= 4 is 0 Å². The van der Waals surface area contributed by atoms with Gasteiger partial charge in [-0.3, -0.25) is 0 Å². The Morgan fingerprint density at radius 2 is 2.40 bits per heavy atom. The average Bonchev–Trinajstić information content (AvgIpc) is 1.94. The summed E-state index contributed by atoms with van der Waals surface area (Å²) in [7, 11) is 0. The molecule has 2 unspecified atom stereocenters. The van der Waals surface area contributed by atoms with E-state index in [0.29, 0.717) is 12.1 Å². The first-order valence-corrected chi connectivity index (χ1v) is 4.19. The van der Waals surface area contributed by atoms with E-state index in [-0.39, 0.29) is 0 Å². The van der Waals surface area contributed by atoms with Crippen molar-refractivity contribution in [2.75, 3.05) is 13.2 Å². The van der Waals surface area contributed by atoms with Crippen molar-refractivity contribution < 1.29 is 4.74 Å². The SMILES string of the molecule is CCCC1OCCNC1C. The molecule has 1 N–H and O–H groups in total. The van der Waals surface area contributed by atoms with Gasteiger partial charge in [0.05, 0.1) is 12.7 Å². The van der Waals surface area contributed by atoms with Gasteiger partial charge in [-0.05, 0) is 13.3 Å². The van der Waals surface area contributed by atoms with Crippen molar-refractivity contribution in [2.45, 2.75) is 38.8 Å². The molecule has 2 nitrogen and oxygen atoms in total. The van der Waals surface area contributed by atoms with Gasteiger partial charge in [-0.1, -0.05) is 13.3 Å². The summed E-state index contributed by atoms with van der Waals surface area (Å²) in [6, 6.07) is 0.550. The minimum Gasteiger partial charge on any atom is -0.375 e. The maximum atomic E-state index is 5.57. The minimum atomic E-state index is 0.457. The maximum absolute atomic E-state index is 5.57. The summed E-state index contributed by atoms with van der Waals surface area (Å²) in [6.07, 6.45) is 2.86. The quantitative estimate of drug-likeness (QED) is 0.626. The molecule has 2 heteroatoms. The lowest BCUT2D eigenvalue weighted by Crippen LogP contribution is -2.46. The Hall–Kier alpha value is -0.0800. The minimum absolute atomic E-state index is 0.457. The van der Waals surface area contributed by atoms with E-state index < -0.39 is 0 Å². The molecule has 0 amide bonds. The van der Waals surface area contributed by atoms with Gasteiger partial charge in [-0.25, -0.2) is 0 Å². The summed E-state index contributed by atoms with van der Waals surface area (Å²) in [6.45, 7) is 6.29. The molecule has 0 saturated carbocycles. The van der Waals surface area contributed by atoms with Crippen molar-refractivity contribution in [2.24, 2.45) is 0 Å². The van der Waals surface area contributed by atoms with Crippen LogP contribution in [0.25, 0.3) is 0 Å². The van der Waals surface area contributed by atoms with Crippen LogP contribution in [0.5, 0.6) is 0 Å². The van der Waals surface area contributed by atoms with E-state index in [2.05, 4.69) is 19.2 Å². The van der Waals surface area contributed by atoms with Gasteiger partial charge in [0.15, 0.2) is 0 Å². The highest BCUT2D eigenvalue weighted by atomic mass is 16.5. The summed E-state index contributed by atoms with van der Waals surface area (Å²) < 4.78 is 5.57. The molecule has 0 radical (unpaired) electrons. The van der Waals surface area contributed by atoms with E-state index in [4.69, 9.17) is 4.74 Å². The van der Waals surface area contributed by atoms with Gasteiger partial charge in [0.2, 0.25) is 0 Å². The highest BCUT2D eigenvalue weighted by Crippen LogP contribution is 2.09. The van der Waals surface area contributed by atoms with Gasteiger partial charge in [0.25, 0.3) is 0 Å². The first-order chi connectivity index (χ1) is 4.84. The second-order valence-corrected chi connectivity index (χ2v) is 2.94. The van der Waals surface area contributed by atoms with Crippen LogP contribution in [0.3, 0.4) is 0 Å². The number of ether oxygens (including phenoxy) is 1. The Balaban J connectivity index is 2.25. The Morgan fingerprint density at radius 3 is 3.00 bits per heavy atom. The zero-order chi connectivity index (χ0) is 7.40. The van der Waals surface area contributed by atoms with Gasteiger partial charge in [-0.15, -0.1) is 0 Å². The number of morpholine rings is 1. The van der Waals surface area contributed by atoms with Crippen LogP contribution in [-0.2, 0) is 4.74 Å². The van der Waals surface area contributed by atoms with E-state index in [1.807, 2.05) is 0 Å². The van der Waals surface area contributed by atoms with Crippen LogP contribution in [0, 0.1) is 0 Å². The molecular weight excluding hydrogens is 126 g/mol. The average molecular weight is 143 g/mol. The predicted molar refractivity (Wildman–Crippen MR) is 42.1 cm³/mol. The summed E-state index contributed by atoms with van der Waals surface area (Å²) >= 11 is 0. The standard InChI is InChI=1S/C8H17NO/c1-3-4-8-7(2)9-5-6-10-8/h7-9H,3-6H2,1-2H3. The van der Waals surface area contributed by atoms with Crippen molar-refractivity contribution in [1.29, 1.82) is 0 Å². The number of nitrogens with one attached hydrogen (secondary N) is 1. The Morgan fingerprint density at radius 1 is 1.60 bits per heavy atom. The van der Waals surface area contributed by atoms with Gasteiger partial charge in [0, 0.05) is 12.6 Å². The van der Waals surface area contributed by atoms with Crippen LogP contribution < -0.4 is 5.32 Å². The second-order valence-electron chi connectivity index (χ2n) is 2.94. The third kappa shape index (κ3) is 1.96. The molecule has 0 aliphatic carbocycles. The monoisotopic (exact) mass is 143 g/mol. The molecule has 1 saturated heterocycles. The lowest BCUT2D eigenvalue weighted by Gasteiger charge is -2.29. The lowest BCUT2D eigenvalue weighted by atomic mass is 10.1. The van der Waals surface area contributed by atoms with Crippen molar-refractivity contribution in [3.8, 4) is 0 Å². The fourth-order valence-electron chi connectivity index (χ4n) is 1.39. The first kappa shape index (κ1) is 8.02. The number of hydrogen-bond donors (Lipinski definition) is 1. The molecule has 10 heavy (non-hydrogen) atoms. The third-order valence-electron chi connectivity index (χ3n) is 2.03. The molecule has 1 aliphatic rings. The molecule has 0 aromatic carbocycles. The molecule has 0 spiro atoms. The molecule has 1 heterocycles. The van der Waals surface area contributed by atoms with Crippen LogP contribution in [0.15, 0.2) is 0 Å². The smallest absolute Gasteiger partial charge is 0.0725 e. The van der Waals surface area contributed by atoms with Gasteiger partial charge >= 0.3 is 0 Å². The van der Waals surface area contributed by atoms with Crippen LogP contribution in [-0.4, -0.2) is 25.3 Å². The predicted octanol–water partition coefficient (Wildman–Crippen LogP) is 1.16. The lowest BCUT2D eigenvalue weighted by molar-refractivity contribution is -0.00379. The Labute approximate surface area is 63.0 Å². The molecule has 60 valence electrons. The normalized spacial score (nSPS) is 34.2. The van der Waals surface area contributed by atoms with Gasteiger partial charge in [0.1, 0.15) is 0 Å². The van der Waals surface area contributed by atoms with Gasteiger partial charge in [-0.2, -0.15) is 0 Å². The zero-order valence-corrected chi connectivity index (χ0v) is 6.89. The molecule has 0 aromatic rings. The van der Waals surface area contributed by atoms with Crippen LogP contribution in [0.2, 0.25) is 0 Å². The third-order valence-corrected chi connectivity index (χ3v) is 2.03. The van der Waals surface area contributed by atoms with E-state index in [0.717, 1.165) is 13.2 Å². The first-order valence-electron chi connectivity index (χ1n) is 4.19. The molecule has 0 bridgehead atoms. The molecule has 1 rings (SSSR count). The summed E-state index contributed by atoms with van der Waals surface area (Å²) in [5, 5.41) is 3.39. The Kier molecular flexibility index (Phi) is 3.16. The molecule has 0 aromatic heterocycles. The van der Waals surface area contributed by atoms with Crippen molar-refractivity contribution in [3.63, 3.8) is 0 Å². The molecular formula is C8H17NO. The largest absolute Gasteiger partial charge is 0.375 e. The fourth-order valence-corrected chi connectivity index (χ4v) is 1.39. The fraction of sp³-hybridized carbons (Fsp3) is 1.00. The topological polar surface area (TPSA) is 21.3 Å². The molecule has 1 fully saturated rings. The number of rotatable bonds is 2.